The Morgan fingerprint density at radius 2 is 2.15 bits per heavy atom. The molecule has 1 aliphatic heterocycles. The van der Waals surface area contributed by atoms with E-state index in [1.165, 1.54) is 5.56 Å². The average Bonchev–Trinajstić information content (AvgIpc) is 3.08. The number of benzene rings is 1. The number of rotatable bonds is 3. The van der Waals surface area contributed by atoms with E-state index in [4.69, 9.17) is 0 Å². The molecule has 0 saturated carbocycles. The van der Waals surface area contributed by atoms with E-state index in [1.54, 1.807) is 11.3 Å². The second kappa shape index (κ2) is 6.10. The highest BCUT2D eigenvalue weighted by molar-refractivity contribution is 9.11. The van der Waals surface area contributed by atoms with Crippen LogP contribution in [0.1, 0.15) is 28.8 Å². The zero-order chi connectivity index (χ0) is 13.9. The topological polar surface area (TPSA) is 20.3 Å². The summed E-state index contributed by atoms with van der Waals surface area (Å²) in [5.74, 6) is 0.172. The molecule has 4 heteroatoms. The van der Waals surface area contributed by atoms with Gasteiger partial charge in [-0.05, 0) is 46.8 Å². The second-order valence-electron chi connectivity index (χ2n) is 5.12. The molecule has 3 rings (SSSR count). The lowest BCUT2D eigenvalue weighted by atomic mass is 10.0. The number of halogens is 1. The summed E-state index contributed by atoms with van der Waals surface area (Å²) in [6, 6.07) is 12.7. The van der Waals surface area contributed by atoms with E-state index in [0.29, 0.717) is 6.04 Å². The summed E-state index contributed by atoms with van der Waals surface area (Å²) in [5.41, 5.74) is 2.12. The van der Waals surface area contributed by atoms with Crippen molar-refractivity contribution in [3.63, 3.8) is 0 Å². The van der Waals surface area contributed by atoms with Crippen molar-refractivity contribution in [1.82, 2.24) is 4.90 Å². The number of hydrogen-bond donors (Lipinski definition) is 0. The quantitative estimate of drug-likeness (QED) is 0.806. The fourth-order valence-corrected chi connectivity index (χ4v) is 3.92. The van der Waals surface area contributed by atoms with E-state index in [0.717, 1.165) is 35.2 Å². The van der Waals surface area contributed by atoms with Crippen LogP contribution in [-0.2, 0) is 6.42 Å². The van der Waals surface area contributed by atoms with Gasteiger partial charge in [0.25, 0.3) is 5.91 Å². The molecule has 0 aliphatic carbocycles. The molecule has 1 saturated heterocycles. The van der Waals surface area contributed by atoms with Gasteiger partial charge in [-0.1, -0.05) is 30.3 Å². The van der Waals surface area contributed by atoms with Crippen LogP contribution in [0.25, 0.3) is 0 Å². The van der Waals surface area contributed by atoms with Crippen LogP contribution < -0.4 is 0 Å². The molecule has 1 fully saturated rings. The summed E-state index contributed by atoms with van der Waals surface area (Å²) < 4.78 is 1.01. The summed E-state index contributed by atoms with van der Waals surface area (Å²) in [6.07, 6.45) is 3.17. The fraction of sp³-hybridized carbons (Fsp3) is 0.312. The first kappa shape index (κ1) is 13.8. The minimum Gasteiger partial charge on any atom is -0.335 e. The monoisotopic (exact) mass is 349 g/mol. The van der Waals surface area contributed by atoms with E-state index in [-0.39, 0.29) is 5.91 Å². The minimum atomic E-state index is 0.172. The van der Waals surface area contributed by atoms with Gasteiger partial charge in [-0.25, -0.2) is 0 Å². The fourth-order valence-electron chi connectivity index (χ4n) is 2.79. The Balaban J connectivity index is 1.74. The van der Waals surface area contributed by atoms with Crippen molar-refractivity contribution in [2.75, 3.05) is 6.54 Å². The van der Waals surface area contributed by atoms with Gasteiger partial charge in [0.05, 0.1) is 9.35 Å². The highest BCUT2D eigenvalue weighted by atomic mass is 79.9. The van der Waals surface area contributed by atoms with Gasteiger partial charge in [-0.2, -0.15) is 0 Å². The molecule has 1 atom stereocenters. The Kier molecular flexibility index (Phi) is 4.22. The van der Waals surface area contributed by atoms with E-state index in [9.17, 15) is 4.79 Å². The molecular formula is C16H16BrNOS. The summed E-state index contributed by atoms with van der Waals surface area (Å²) >= 11 is 4.99. The van der Waals surface area contributed by atoms with Crippen LogP contribution in [0.3, 0.4) is 0 Å². The van der Waals surface area contributed by atoms with Crippen molar-refractivity contribution in [3.8, 4) is 0 Å². The average molecular weight is 350 g/mol. The molecule has 0 radical (unpaired) electrons. The molecule has 1 amide bonds. The van der Waals surface area contributed by atoms with Crippen LogP contribution in [-0.4, -0.2) is 23.4 Å². The van der Waals surface area contributed by atoms with Gasteiger partial charge in [0, 0.05) is 18.0 Å². The SMILES string of the molecule is O=C(c1csc(Br)c1)N1CCCC1Cc1ccccc1. The predicted molar refractivity (Wildman–Crippen MR) is 86.2 cm³/mol. The third-order valence-corrected chi connectivity index (χ3v) is 5.27. The summed E-state index contributed by atoms with van der Waals surface area (Å²) in [4.78, 5) is 14.6. The molecule has 1 unspecified atom stereocenters. The molecule has 0 bridgehead atoms. The van der Waals surface area contributed by atoms with Crippen molar-refractivity contribution in [2.24, 2.45) is 0 Å². The number of nitrogens with zero attached hydrogens (tertiary/aromatic N) is 1. The van der Waals surface area contributed by atoms with Crippen LogP contribution in [0.15, 0.2) is 45.6 Å². The van der Waals surface area contributed by atoms with Gasteiger partial charge >= 0.3 is 0 Å². The van der Waals surface area contributed by atoms with Crippen molar-refractivity contribution in [1.29, 1.82) is 0 Å². The lowest BCUT2D eigenvalue weighted by molar-refractivity contribution is 0.0737. The van der Waals surface area contributed by atoms with Gasteiger partial charge in [0.1, 0.15) is 0 Å². The first-order valence-corrected chi connectivity index (χ1v) is 8.50. The zero-order valence-electron chi connectivity index (χ0n) is 11.1. The molecule has 104 valence electrons. The number of carbonyl (C=O) groups excluding carboxylic acids is 1. The summed E-state index contributed by atoms with van der Waals surface area (Å²) in [5, 5.41) is 1.93. The Hall–Kier alpha value is -1.13. The molecule has 0 N–H and O–H groups in total. The Morgan fingerprint density at radius 3 is 2.85 bits per heavy atom. The lowest BCUT2D eigenvalue weighted by Gasteiger charge is -2.24. The third-order valence-electron chi connectivity index (χ3n) is 3.77. The van der Waals surface area contributed by atoms with Gasteiger partial charge in [-0.15, -0.1) is 11.3 Å². The van der Waals surface area contributed by atoms with Crippen molar-refractivity contribution < 1.29 is 4.79 Å². The van der Waals surface area contributed by atoms with Gasteiger partial charge < -0.3 is 4.90 Å². The molecule has 1 aromatic carbocycles. The molecule has 2 aromatic rings. The Labute approximate surface area is 131 Å². The van der Waals surface area contributed by atoms with Gasteiger partial charge in [0.2, 0.25) is 0 Å². The molecule has 2 heterocycles. The Bertz CT molecular complexity index is 596. The zero-order valence-corrected chi connectivity index (χ0v) is 13.5. The number of hydrogen-bond acceptors (Lipinski definition) is 2. The number of likely N-dealkylation sites (tertiary alicyclic amines) is 1. The van der Waals surface area contributed by atoms with Gasteiger partial charge in [-0.3, -0.25) is 4.79 Å². The standard InChI is InChI=1S/C16H16BrNOS/c17-15-10-13(11-20-15)16(19)18-8-4-7-14(18)9-12-5-2-1-3-6-12/h1-3,5-6,10-11,14H,4,7-9H2. The molecular weight excluding hydrogens is 334 g/mol. The first-order valence-electron chi connectivity index (χ1n) is 6.83. The van der Waals surface area contributed by atoms with Crippen LogP contribution >= 0.6 is 27.3 Å². The third kappa shape index (κ3) is 2.96. The highest BCUT2D eigenvalue weighted by Crippen LogP contribution is 2.26. The van der Waals surface area contributed by atoms with Crippen LogP contribution in [0.5, 0.6) is 0 Å². The predicted octanol–water partition coefficient (Wildman–Crippen LogP) is 4.36. The van der Waals surface area contributed by atoms with E-state index in [1.807, 2.05) is 22.4 Å². The smallest absolute Gasteiger partial charge is 0.254 e. The molecule has 1 aliphatic rings. The van der Waals surface area contributed by atoms with Crippen LogP contribution in [0.4, 0.5) is 0 Å². The Morgan fingerprint density at radius 1 is 1.35 bits per heavy atom. The van der Waals surface area contributed by atoms with Crippen molar-refractivity contribution >= 4 is 33.2 Å². The number of thiophene rings is 1. The first-order chi connectivity index (χ1) is 9.74. The maximum Gasteiger partial charge on any atom is 0.254 e. The van der Waals surface area contributed by atoms with E-state index in [2.05, 4.69) is 40.2 Å². The largest absolute Gasteiger partial charge is 0.335 e. The van der Waals surface area contributed by atoms with Crippen LogP contribution in [0.2, 0.25) is 0 Å². The number of carbonyl (C=O) groups is 1. The normalized spacial score (nSPS) is 18.4. The summed E-state index contributed by atoms with van der Waals surface area (Å²) in [7, 11) is 0. The maximum absolute atomic E-state index is 12.6. The number of amides is 1. The second-order valence-corrected chi connectivity index (χ2v) is 7.41. The molecule has 20 heavy (non-hydrogen) atoms. The van der Waals surface area contributed by atoms with E-state index < -0.39 is 0 Å². The highest BCUT2D eigenvalue weighted by Gasteiger charge is 2.29. The molecule has 1 aromatic heterocycles. The minimum absolute atomic E-state index is 0.172. The molecule has 2 nitrogen and oxygen atoms in total. The summed E-state index contributed by atoms with van der Waals surface area (Å²) in [6.45, 7) is 0.879. The van der Waals surface area contributed by atoms with E-state index >= 15 is 0 Å². The maximum atomic E-state index is 12.6. The lowest BCUT2D eigenvalue weighted by Crippen LogP contribution is -2.36. The van der Waals surface area contributed by atoms with Crippen LogP contribution in [0, 0.1) is 0 Å². The van der Waals surface area contributed by atoms with Crippen molar-refractivity contribution in [3.05, 3.63) is 56.7 Å². The molecule has 0 spiro atoms. The van der Waals surface area contributed by atoms with Crippen molar-refractivity contribution in [2.45, 2.75) is 25.3 Å². The van der Waals surface area contributed by atoms with Gasteiger partial charge in [0.15, 0.2) is 0 Å².